The zero-order valence-corrected chi connectivity index (χ0v) is 12.3. The fourth-order valence-electron chi connectivity index (χ4n) is 1.40. The standard InChI is InChI=1S/C12H8BrNO5S/c13-9-1-5-11(6-2-9)19-20(17,18)12-7-3-10(4-8-12)14(15)16/h1-8H. The number of hydrogen-bond donors (Lipinski definition) is 0. The summed E-state index contributed by atoms with van der Waals surface area (Å²) in [7, 11) is -4.01. The minimum atomic E-state index is -4.01. The summed E-state index contributed by atoms with van der Waals surface area (Å²) < 4.78 is 29.6. The van der Waals surface area contributed by atoms with Crippen LogP contribution in [0.5, 0.6) is 5.75 Å². The molecule has 0 unspecified atom stereocenters. The van der Waals surface area contributed by atoms with Crippen LogP contribution in [0.4, 0.5) is 5.69 Å². The van der Waals surface area contributed by atoms with E-state index in [0.717, 1.165) is 28.7 Å². The van der Waals surface area contributed by atoms with E-state index in [1.165, 1.54) is 12.1 Å². The molecule has 0 spiro atoms. The van der Waals surface area contributed by atoms with Crippen molar-refractivity contribution in [2.45, 2.75) is 4.90 Å². The summed E-state index contributed by atoms with van der Waals surface area (Å²) in [6, 6.07) is 10.7. The molecule has 0 aliphatic rings. The Bertz CT molecular complexity index is 725. The van der Waals surface area contributed by atoms with E-state index in [0.29, 0.717) is 0 Å². The second kappa shape index (κ2) is 5.59. The predicted octanol–water partition coefficient (Wildman–Crippen LogP) is 3.13. The van der Waals surface area contributed by atoms with Gasteiger partial charge in [-0.2, -0.15) is 8.42 Å². The Hall–Kier alpha value is -1.93. The SMILES string of the molecule is O=[N+]([O-])c1ccc(S(=O)(=O)Oc2ccc(Br)cc2)cc1. The van der Waals surface area contributed by atoms with E-state index in [4.69, 9.17) is 4.18 Å². The maximum atomic E-state index is 12.0. The first-order valence-electron chi connectivity index (χ1n) is 5.33. The van der Waals surface area contributed by atoms with E-state index in [1.54, 1.807) is 12.1 Å². The molecule has 0 saturated heterocycles. The molecule has 0 heterocycles. The van der Waals surface area contributed by atoms with Gasteiger partial charge in [0, 0.05) is 16.6 Å². The molecule has 2 aromatic rings. The molecule has 8 heteroatoms. The van der Waals surface area contributed by atoms with Gasteiger partial charge >= 0.3 is 10.1 Å². The highest BCUT2D eigenvalue weighted by atomic mass is 79.9. The number of non-ortho nitro benzene ring substituents is 1. The lowest BCUT2D eigenvalue weighted by Gasteiger charge is -2.06. The molecule has 2 rings (SSSR count). The summed E-state index contributed by atoms with van der Waals surface area (Å²) in [6.45, 7) is 0. The largest absolute Gasteiger partial charge is 0.379 e. The first-order chi connectivity index (χ1) is 9.38. The van der Waals surface area contributed by atoms with Gasteiger partial charge in [0.2, 0.25) is 0 Å². The van der Waals surface area contributed by atoms with Gasteiger partial charge in [0.25, 0.3) is 5.69 Å². The van der Waals surface area contributed by atoms with E-state index >= 15 is 0 Å². The monoisotopic (exact) mass is 357 g/mol. The summed E-state index contributed by atoms with van der Waals surface area (Å²) >= 11 is 3.22. The fraction of sp³-hybridized carbons (Fsp3) is 0. The van der Waals surface area contributed by atoms with Crippen LogP contribution in [0, 0.1) is 10.1 Å². The van der Waals surface area contributed by atoms with Crippen LogP contribution < -0.4 is 4.18 Å². The molecule has 20 heavy (non-hydrogen) atoms. The Kier molecular flexibility index (Phi) is 4.05. The molecule has 0 radical (unpaired) electrons. The van der Waals surface area contributed by atoms with Gasteiger partial charge in [-0.3, -0.25) is 10.1 Å². The highest BCUT2D eigenvalue weighted by Crippen LogP contribution is 2.22. The van der Waals surface area contributed by atoms with Crippen molar-refractivity contribution < 1.29 is 17.5 Å². The Morgan fingerprint density at radius 1 is 1.00 bits per heavy atom. The second-order valence-electron chi connectivity index (χ2n) is 3.74. The van der Waals surface area contributed by atoms with Crippen molar-refractivity contribution in [3.8, 4) is 5.75 Å². The fourth-order valence-corrected chi connectivity index (χ4v) is 2.59. The lowest BCUT2D eigenvalue weighted by atomic mass is 10.3. The van der Waals surface area contributed by atoms with Crippen LogP contribution in [0.3, 0.4) is 0 Å². The number of halogens is 1. The Labute approximate surface area is 123 Å². The molecular formula is C12H8BrNO5S. The van der Waals surface area contributed by atoms with Gasteiger partial charge < -0.3 is 4.18 Å². The average Bonchev–Trinajstić information content (AvgIpc) is 2.41. The van der Waals surface area contributed by atoms with Crippen molar-refractivity contribution in [2.24, 2.45) is 0 Å². The Morgan fingerprint density at radius 3 is 2.05 bits per heavy atom. The van der Waals surface area contributed by atoms with Gasteiger partial charge in [0.1, 0.15) is 10.6 Å². The van der Waals surface area contributed by atoms with Gasteiger partial charge in [0.15, 0.2) is 0 Å². The summed E-state index contributed by atoms with van der Waals surface area (Å²) in [5, 5.41) is 10.5. The maximum absolute atomic E-state index is 12.0. The van der Waals surface area contributed by atoms with Crippen molar-refractivity contribution in [1.29, 1.82) is 0 Å². The van der Waals surface area contributed by atoms with Crippen LogP contribution >= 0.6 is 15.9 Å². The lowest BCUT2D eigenvalue weighted by Crippen LogP contribution is -2.09. The summed E-state index contributed by atoms with van der Waals surface area (Å²) in [4.78, 5) is 9.75. The van der Waals surface area contributed by atoms with Crippen molar-refractivity contribution in [3.05, 3.63) is 63.1 Å². The Balaban J connectivity index is 2.26. The third kappa shape index (κ3) is 3.34. The van der Waals surface area contributed by atoms with Crippen molar-refractivity contribution in [2.75, 3.05) is 0 Å². The molecule has 0 fully saturated rings. The van der Waals surface area contributed by atoms with Gasteiger partial charge in [-0.05, 0) is 36.4 Å². The van der Waals surface area contributed by atoms with Crippen LogP contribution in [0.25, 0.3) is 0 Å². The molecule has 104 valence electrons. The molecule has 0 aliphatic heterocycles. The first-order valence-corrected chi connectivity index (χ1v) is 7.53. The van der Waals surface area contributed by atoms with Crippen molar-refractivity contribution in [1.82, 2.24) is 0 Å². The van der Waals surface area contributed by atoms with E-state index in [-0.39, 0.29) is 16.3 Å². The minimum absolute atomic E-state index is 0.147. The molecule has 0 saturated carbocycles. The van der Waals surface area contributed by atoms with Crippen molar-refractivity contribution in [3.63, 3.8) is 0 Å². The molecule has 0 aromatic heterocycles. The van der Waals surface area contributed by atoms with Crippen molar-refractivity contribution >= 4 is 31.7 Å². The van der Waals surface area contributed by atoms with Gasteiger partial charge in [-0.15, -0.1) is 0 Å². The van der Waals surface area contributed by atoms with Crippen LogP contribution in [-0.2, 0) is 10.1 Å². The lowest BCUT2D eigenvalue weighted by molar-refractivity contribution is -0.384. The summed E-state index contributed by atoms with van der Waals surface area (Å²) in [5.41, 5.74) is -0.187. The quantitative estimate of drug-likeness (QED) is 0.476. The normalized spacial score (nSPS) is 11.1. The topological polar surface area (TPSA) is 86.5 Å². The molecule has 6 nitrogen and oxygen atoms in total. The number of hydrogen-bond acceptors (Lipinski definition) is 5. The number of nitro groups is 1. The average molecular weight is 358 g/mol. The van der Waals surface area contributed by atoms with E-state index in [1.807, 2.05) is 0 Å². The number of rotatable bonds is 4. The maximum Gasteiger partial charge on any atom is 0.339 e. The highest BCUT2D eigenvalue weighted by molar-refractivity contribution is 9.10. The molecule has 0 bridgehead atoms. The molecule has 2 aromatic carbocycles. The zero-order chi connectivity index (χ0) is 14.8. The third-order valence-electron chi connectivity index (χ3n) is 2.36. The molecule has 0 N–H and O–H groups in total. The van der Waals surface area contributed by atoms with Gasteiger partial charge in [-0.25, -0.2) is 0 Å². The zero-order valence-electron chi connectivity index (χ0n) is 9.89. The van der Waals surface area contributed by atoms with Crippen LogP contribution in [-0.4, -0.2) is 13.3 Å². The number of benzene rings is 2. The highest BCUT2D eigenvalue weighted by Gasteiger charge is 2.18. The van der Waals surface area contributed by atoms with Crippen LogP contribution in [0.1, 0.15) is 0 Å². The number of nitro benzene ring substituents is 1. The molecule has 0 aliphatic carbocycles. The first kappa shape index (κ1) is 14.5. The molecule has 0 amide bonds. The summed E-state index contributed by atoms with van der Waals surface area (Å²) in [5.74, 6) is 0.159. The predicted molar refractivity (Wildman–Crippen MR) is 75.1 cm³/mol. The summed E-state index contributed by atoms with van der Waals surface area (Å²) in [6.07, 6.45) is 0. The van der Waals surface area contributed by atoms with Gasteiger partial charge in [0.05, 0.1) is 4.92 Å². The van der Waals surface area contributed by atoms with Crippen LogP contribution in [0.2, 0.25) is 0 Å². The van der Waals surface area contributed by atoms with E-state index in [2.05, 4.69) is 15.9 Å². The number of nitrogens with zero attached hydrogens (tertiary/aromatic N) is 1. The van der Waals surface area contributed by atoms with Gasteiger partial charge in [-0.1, -0.05) is 15.9 Å². The third-order valence-corrected chi connectivity index (χ3v) is 4.15. The Morgan fingerprint density at radius 2 is 1.55 bits per heavy atom. The van der Waals surface area contributed by atoms with Crippen LogP contribution in [0.15, 0.2) is 57.9 Å². The molecule has 0 atom stereocenters. The second-order valence-corrected chi connectivity index (χ2v) is 6.20. The van der Waals surface area contributed by atoms with E-state index < -0.39 is 15.0 Å². The molecular weight excluding hydrogens is 350 g/mol. The van der Waals surface area contributed by atoms with E-state index in [9.17, 15) is 18.5 Å². The smallest absolute Gasteiger partial charge is 0.339 e. The minimum Gasteiger partial charge on any atom is -0.379 e.